The zero-order valence-electron chi connectivity index (χ0n) is 11.3. The fourth-order valence-corrected chi connectivity index (χ4v) is 2.68. The molecule has 0 aliphatic rings. The summed E-state index contributed by atoms with van der Waals surface area (Å²) in [7, 11) is 2.38. The minimum Gasteiger partial charge on any atom is -0.465 e. The summed E-state index contributed by atoms with van der Waals surface area (Å²) in [6, 6.07) is 3.19. The lowest BCUT2D eigenvalue weighted by atomic mass is 10.0. The molecule has 0 aliphatic heterocycles. The number of carbonyl (C=O) groups is 3. The Morgan fingerprint density at radius 3 is 2.43 bits per heavy atom. The first-order chi connectivity index (χ1) is 10.1. The van der Waals surface area contributed by atoms with Crippen molar-refractivity contribution >= 4 is 29.1 Å². The number of nitrogens with zero attached hydrogens (tertiary/aromatic N) is 1. The van der Waals surface area contributed by atoms with Gasteiger partial charge in [0.25, 0.3) is 0 Å². The average Bonchev–Trinajstić information content (AvgIpc) is 2.98. The second-order valence-corrected chi connectivity index (χ2v) is 4.79. The molecule has 0 amide bonds. The molecule has 0 bridgehead atoms. The van der Waals surface area contributed by atoms with E-state index in [9.17, 15) is 14.4 Å². The van der Waals surface area contributed by atoms with Gasteiger partial charge in [-0.2, -0.15) is 0 Å². The Labute approximate surface area is 124 Å². The Morgan fingerprint density at radius 1 is 1.14 bits per heavy atom. The van der Waals surface area contributed by atoms with E-state index in [4.69, 9.17) is 0 Å². The second kappa shape index (κ2) is 6.27. The molecule has 21 heavy (non-hydrogen) atoms. The van der Waals surface area contributed by atoms with Crippen LogP contribution in [0.1, 0.15) is 36.0 Å². The molecule has 0 unspecified atom stereocenters. The molecule has 108 valence electrons. The van der Waals surface area contributed by atoms with Gasteiger partial charge in [-0.05, 0) is 12.1 Å². The normalized spacial score (nSPS) is 10.0. The number of ketones is 1. The van der Waals surface area contributed by atoms with E-state index in [0.29, 0.717) is 5.56 Å². The number of esters is 2. The van der Waals surface area contributed by atoms with Gasteiger partial charge in [0.1, 0.15) is 4.88 Å². The molecule has 0 spiro atoms. The lowest BCUT2D eigenvalue weighted by Gasteiger charge is -2.04. The van der Waals surface area contributed by atoms with Crippen molar-refractivity contribution < 1.29 is 23.9 Å². The number of hydrogen-bond acceptors (Lipinski definition) is 7. The van der Waals surface area contributed by atoms with E-state index in [1.54, 1.807) is 12.1 Å². The zero-order valence-corrected chi connectivity index (χ0v) is 12.1. The Hall–Kier alpha value is -2.54. The first-order valence-electron chi connectivity index (χ1n) is 5.83. The predicted molar refractivity (Wildman–Crippen MR) is 74.7 cm³/mol. The standard InChI is InChI=1S/C14H11NO5S/c1-19-13(17)10-9(7-21-12(10)14(18)20-2)11(16)8-4-3-5-15-6-8/h3-7H,1-2H3. The number of ether oxygens (including phenoxy) is 2. The SMILES string of the molecule is COC(=O)c1scc(C(=O)c2cccnc2)c1C(=O)OC. The molecule has 0 saturated heterocycles. The third-order valence-corrected chi connectivity index (χ3v) is 3.68. The largest absolute Gasteiger partial charge is 0.465 e. The van der Waals surface area contributed by atoms with Crippen LogP contribution in [-0.2, 0) is 9.47 Å². The van der Waals surface area contributed by atoms with Crippen molar-refractivity contribution in [1.82, 2.24) is 4.98 Å². The molecule has 2 aromatic heterocycles. The van der Waals surface area contributed by atoms with Crippen LogP contribution < -0.4 is 0 Å². The zero-order chi connectivity index (χ0) is 15.4. The molecule has 0 fully saturated rings. The third kappa shape index (κ3) is 2.82. The van der Waals surface area contributed by atoms with Gasteiger partial charge in [0.05, 0.1) is 19.8 Å². The van der Waals surface area contributed by atoms with Crippen LogP contribution in [0.15, 0.2) is 29.9 Å². The number of pyridine rings is 1. The first kappa shape index (κ1) is 14.9. The minimum absolute atomic E-state index is 0.0385. The first-order valence-corrected chi connectivity index (χ1v) is 6.71. The molecule has 0 atom stereocenters. The van der Waals surface area contributed by atoms with E-state index in [-0.39, 0.29) is 16.0 Å². The van der Waals surface area contributed by atoms with E-state index in [0.717, 1.165) is 11.3 Å². The number of carbonyl (C=O) groups excluding carboxylic acids is 3. The van der Waals surface area contributed by atoms with Gasteiger partial charge in [-0.25, -0.2) is 9.59 Å². The number of thiophene rings is 1. The Kier molecular flexibility index (Phi) is 4.44. The van der Waals surface area contributed by atoms with E-state index in [1.807, 2.05) is 0 Å². The van der Waals surface area contributed by atoms with E-state index < -0.39 is 17.7 Å². The summed E-state index contributed by atoms with van der Waals surface area (Å²) in [6.45, 7) is 0. The van der Waals surface area contributed by atoms with E-state index in [2.05, 4.69) is 14.5 Å². The predicted octanol–water partition coefficient (Wildman–Crippen LogP) is 1.95. The van der Waals surface area contributed by atoms with Gasteiger partial charge >= 0.3 is 11.9 Å². The van der Waals surface area contributed by atoms with Crippen molar-refractivity contribution in [3.05, 3.63) is 51.5 Å². The van der Waals surface area contributed by atoms with E-state index >= 15 is 0 Å². The van der Waals surface area contributed by atoms with Crippen LogP contribution in [0.3, 0.4) is 0 Å². The van der Waals surface area contributed by atoms with Crippen LogP contribution in [0.5, 0.6) is 0 Å². The van der Waals surface area contributed by atoms with Crippen LogP contribution in [0.25, 0.3) is 0 Å². The molecule has 6 nitrogen and oxygen atoms in total. The number of hydrogen-bond donors (Lipinski definition) is 0. The lowest BCUT2D eigenvalue weighted by Crippen LogP contribution is -2.13. The van der Waals surface area contributed by atoms with Gasteiger partial charge in [0, 0.05) is 28.9 Å². The molecule has 2 rings (SSSR count). The van der Waals surface area contributed by atoms with Crippen LogP contribution in [0, 0.1) is 0 Å². The molecular weight excluding hydrogens is 294 g/mol. The Balaban J connectivity index is 2.54. The number of methoxy groups -OCH3 is 2. The maximum absolute atomic E-state index is 12.4. The Morgan fingerprint density at radius 2 is 1.86 bits per heavy atom. The molecule has 0 aliphatic carbocycles. The summed E-state index contributed by atoms with van der Waals surface area (Å²) in [5.41, 5.74) is 0.334. The van der Waals surface area contributed by atoms with Gasteiger partial charge in [0.2, 0.25) is 0 Å². The van der Waals surface area contributed by atoms with Crippen LogP contribution >= 0.6 is 11.3 Å². The molecule has 0 N–H and O–H groups in total. The van der Waals surface area contributed by atoms with Gasteiger partial charge in [0.15, 0.2) is 5.78 Å². The van der Waals surface area contributed by atoms with Crippen molar-refractivity contribution in [3.63, 3.8) is 0 Å². The van der Waals surface area contributed by atoms with Crippen LogP contribution in [-0.4, -0.2) is 36.9 Å². The fraction of sp³-hybridized carbons (Fsp3) is 0.143. The molecule has 0 radical (unpaired) electrons. The van der Waals surface area contributed by atoms with Crippen LogP contribution in [0.4, 0.5) is 0 Å². The lowest BCUT2D eigenvalue weighted by molar-refractivity contribution is 0.0558. The molecule has 0 aromatic carbocycles. The maximum Gasteiger partial charge on any atom is 0.348 e. The summed E-state index contributed by atoms with van der Waals surface area (Å²) in [5, 5.41) is 1.44. The highest BCUT2D eigenvalue weighted by atomic mass is 32.1. The van der Waals surface area contributed by atoms with Gasteiger partial charge in [-0.15, -0.1) is 11.3 Å². The highest BCUT2D eigenvalue weighted by Gasteiger charge is 2.28. The molecule has 2 heterocycles. The quantitative estimate of drug-likeness (QED) is 0.634. The summed E-state index contributed by atoms with van der Waals surface area (Å²) < 4.78 is 9.26. The second-order valence-electron chi connectivity index (χ2n) is 3.91. The van der Waals surface area contributed by atoms with Crippen molar-refractivity contribution in [1.29, 1.82) is 0 Å². The summed E-state index contributed by atoms with van der Waals surface area (Å²) in [4.78, 5) is 39.9. The summed E-state index contributed by atoms with van der Waals surface area (Å²) in [6.07, 6.45) is 2.92. The van der Waals surface area contributed by atoms with Crippen molar-refractivity contribution in [2.75, 3.05) is 14.2 Å². The van der Waals surface area contributed by atoms with Gasteiger partial charge in [-0.3, -0.25) is 9.78 Å². The molecule has 7 heteroatoms. The van der Waals surface area contributed by atoms with Crippen LogP contribution in [0.2, 0.25) is 0 Å². The van der Waals surface area contributed by atoms with E-state index in [1.165, 1.54) is 32.0 Å². The molecule has 2 aromatic rings. The summed E-state index contributed by atoms with van der Waals surface area (Å²) in [5.74, 6) is -1.86. The van der Waals surface area contributed by atoms with Gasteiger partial charge in [-0.1, -0.05) is 0 Å². The third-order valence-electron chi connectivity index (χ3n) is 2.72. The monoisotopic (exact) mass is 305 g/mol. The maximum atomic E-state index is 12.4. The minimum atomic E-state index is -0.760. The fourth-order valence-electron chi connectivity index (χ4n) is 1.73. The van der Waals surface area contributed by atoms with Gasteiger partial charge < -0.3 is 9.47 Å². The summed E-state index contributed by atoms with van der Waals surface area (Å²) >= 11 is 0.959. The highest BCUT2D eigenvalue weighted by molar-refractivity contribution is 7.12. The smallest absolute Gasteiger partial charge is 0.348 e. The number of aromatic nitrogens is 1. The van der Waals surface area contributed by atoms with Crippen molar-refractivity contribution in [2.45, 2.75) is 0 Å². The number of rotatable bonds is 4. The van der Waals surface area contributed by atoms with Crippen molar-refractivity contribution in [2.24, 2.45) is 0 Å². The topological polar surface area (TPSA) is 82.6 Å². The highest BCUT2D eigenvalue weighted by Crippen LogP contribution is 2.26. The molecule has 0 saturated carbocycles. The molecular formula is C14H11NO5S. The average molecular weight is 305 g/mol. The Bertz CT molecular complexity index is 693. The van der Waals surface area contributed by atoms with Crippen molar-refractivity contribution in [3.8, 4) is 0 Å².